The van der Waals surface area contributed by atoms with Crippen LogP contribution >= 0.6 is 11.6 Å². The van der Waals surface area contributed by atoms with Gasteiger partial charge in [-0.25, -0.2) is 0 Å². The van der Waals surface area contributed by atoms with Crippen molar-refractivity contribution in [3.8, 4) is 11.5 Å². The Bertz CT molecular complexity index is 753. The minimum absolute atomic E-state index is 0.254. The molecule has 2 rings (SSSR count). The van der Waals surface area contributed by atoms with E-state index in [1.54, 1.807) is 13.0 Å². The molecule has 4 heteroatoms. The van der Waals surface area contributed by atoms with Crippen molar-refractivity contribution in [2.75, 3.05) is 0 Å². The standard InChI is InChI=1S/C21H25ClO3/c1-5-15-9-8-10-19(25-21(23)7-3)17(15)13-24-20-11-14(4)16(6-2)12-18(20)22/h8-12H,5-7,13H2,1-4H3. The highest BCUT2D eigenvalue weighted by molar-refractivity contribution is 6.32. The van der Waals surface area contributed by atoms with E-state index in [1.165, 1.54) is 5.56 Å². The maximum Gasteiger partial charge on any atom is 0.310 e. The summed E-state index contributed by atoms with van der Waals surface area (Å²) in [5, 5.41) is 0.600. The predicted molar refractivity (Wildman–Crippen MR) is 102 cm³/mol. The van der Waals surface area contributed by atoms with Crippen LogP contribution in [0.2, 0.25) is 5.02 Å². The van der Waals surface area contributed by atoms with Gasteiger partial charge in [-0.3, -0.25) is 4.79 Å². The molecule has 0 aromatic heterocycles. The summed E-state index contributed by atoms with van der Waals surface area (Å²) in [6.45, 7) is 8.31. The fraction of sp³-hybridized carbons (Fsp3) is 0.381. The largest absolute Gasteiger partial charge is 0.487 e. The molecule has 0 bridgehead atoms. The third kappa shape index (κ3) is 4.76. The third-order valence-electron chi connectivity index (χ3n) is 4.27. The normalized spacial score (nSPS) is 10.6. The van der Waals surface area contributed by atoms with E-state index in [9.17, 15) is 4.79 Å². The summed E-state index contributed by atoms with van der Waals surface area (Å²) in [5.41, 5.74) is 4.35. The van der Waals surface area contributed by atoms with Crippen molar-refractivity contribution in [1.82, 2.24) is 0 Å². The van der Waals surface area contributed by atoms with Gasteiger partial charge in [0.25, 0.3) is 0 Å². The van der Waals surface area contributed by atoms with Gasteiger partial charge in [0.05, 0.1) is 5.02 Å². The smallest absolute Gasteiger partial charge is 0.310 e. The first-order chi connectivity index (χ1) is 12.0. The second-order valence-electron chi connectivity index (χ2n) is 5.93. The summed E-state index contributed by atoms with van der Waals surface area (Å²) in [6.07, 6.45) is 2.10. The summed E-state index contributed by atoms with van der Waals surface area (Å²) in [6, 6.07) is 9.64. The van der Waals surface area contributed by atoms with Crippen LogP contribution in [0.4, 0.5) is 0 Å². The lowest BCUT2D eigenvalue weighted by atomic mass is 10.0. The lowest BCUT2D eigenvalue weighted by Gasteiger charge is -2.16. The molecule has 0 aliphatic heterocycles. The predicted octanol–water partition coefficient (Wildman–Crippen LogP) is 5.67. The Morgan fingerprint density at radius 3 is 2.40 bits per heavy atom. The minimum Gasteiger partial charge on any atom is -0.487 e. The van der Waals surface area contributed by atoms with Gasteiger partial charge in [0.15, 0.2) is 0 Å². The second-order valence-corrected chi connectivity index (χ2v) is 6.33. The molecule has 0 N–H and O–H groups in total. The second kappa shape index (κ2) is 8.91. The Labute approximate surface area is 154 Å². The molecule has 3 nitrogen and oxygen atoms in total. The summed E-state index contributed by atoms with van der Waals surface area (Å²) < 4.78 is 11.4. The molecule has 0 fully saturated rings. The van der Waals surface area contributed by atoms with E-state index in [4.69, 9.17) is 21.1 Å². The number of ether oxygens (including phenoxy) is 2. The average Bonchev–Trinajstić information content (AvgIpc) is 2.62. The van der Waals surface area contributed by atoms with E-state index in [0.29, 0.717) is 29.5 Å². The molecule has 0 unspecified atom stereocenters. The number of benzene rings is 2. The number of carbonyl (C=O) groups is 1. The monoisotopic (exact) mass is 360 g/mol. The Morgan fingerprint density at radius 2 is 1.76 bits per heavy atom. The number of esters is 1. The van der Waals surface area contributed by atoms with Crippen LogP contribution in [0.25, 0.3) is 0 Å². The molecule has 2 aromatic rings. The Balaban J connectivity index is 2.28. The van der Waals surface area contributed by atoms with E-state index in [1.807, 2.05) is 24.3 Å². The first-order valence-electron chi connectivity index (χ1n) is 8.73. The van der Waals surface area contributed by atoms with Crippen LogP contribution in [0, 0.1) is 6.92 Å². The highest BCUT2D eigenvalue weighted by Gasteiger charge is 2.14. The van der Waals surface area contributed by atoms with E-state index < -0.39 is 0 Å². The van der Waals surface area contributed by atoms with Crippen molar-refractivity contribution in [1.29, 1.82) is 0 Å². The van der Waals surface area contributed by atoms with E-state index in [-0.39, 0.29) is 5.97 Å². The fourth-order valence-electron chi connectivity index (χ4n) is 2.73. The van der Waals surface area contributed by atoms with E-state index in [2.05, 4.69) is 20.8 Å². The maximum atomic E-state index is 11.7. The van der Waals surface area contributed by atoms with Crippen LogP contribution < -0.4 is 9.47 Å². The SMILES string of the molecule is CCC(=O)Oc1cccc(CC)c1COc1cc(C)c(CC)cc1Cl. The highest BCUT2D eigenvalue weighted by atomic mass is 35.5. The molecule has 134 valence electrons. The number of aryl methyl sites for hydroxylation is 3. The number of carbonyl (C=O) groups excluding carboxylic acids is 1. The molecular weight excluding hydrogens is 336 g/mol. The summed E-state index contributed by atoms with van der Waals surface area (Å²) in [4.78, 5) is 11.7. The molecule has 0 spiro atoms. The molecule has 0 aliphatic carbocycles. The Morgan fingerprint density at radius 1 is 1.04 bits per heavy atom. The van der Waals surface area contributed by atoms with Gasteiger partial charge in [-0.1, -0.05) is 44.5 Å². The first kappa shape index (κ1) is 19.3. The first-order valence-corrected chi connectivity index (χ1v) is 9.11. The van der Waals surface area contributed by atoms with Crippen LogP contribution in [0.3, 0.4) is 0 Å². The van der Waals surface area contributed by atoms with Crippen LogP contribution in [-0.4, -0.2) is 5.97 Å². The molecule has 0 saturated carbocycles. The van der Waals surface area contributed by atoms with Crippen molar-refractivity contribution >= 4 is 17.6 Å². The van der Waals surface area contributed by atoms with E-state index >= 15 is 0 Å². The Kier molecular flexibility index (Phi) is 6.89. The number of hydrogen-bond acceptors (Lipinski definition) is 3. The lowest BCUT2D eigenvalue weighted by Crippen LogP contribution is -2.10. The van der Waals surface area contributed by atoms with Crippen molar-refractivity contribution in [3.63, 3.8) is 0 Å². The van der Waals surface area contributed by atoms with Gasteiger partial charge in [-0.05, 0) is 54.7 Å². The average molecular weight is 361 g/mol. The maximum absolute atomic E-state index is 11.7. The van der Waals surface area contributed by atoms with Gasteiger partial charge in [-0.2, -0.15) is 0 Å². The zero-order chi connectivity index (χ0) is 18.4. The fourth-order valence-corrected chi connectivity index (χ4v) is 2.98. The van der Waals surface area contributed by atoms with Gasteiger partial charge < -0.3 is 9.47 Å². The Hall–Kier alpha value is -2.00. The zero-order valence-corrected chi connectivity index (χ0v) is 16.1. The van der Waals surface area contributed by atoms with Crippen LogP contribution in [0.1, 0.15) is 49.4 Å². The van der Waals surface area contributed by atoms with Crippen molar-refractivity contribution in [2.45, 2.75) is 53.6 Å². The van der Waals surface area contributed by atoms with Gasteiger partial charge in [0, 0.05) is 12.0 Å². The lowest BCUT2D eigenvalue weighted by molar-refractivity contribution is -0.134. The summed E-state index contributed by atoms with van der Waals surface area (Å²) in [5.74, 6) is 0.954. The number of rotatable bonds is 7. The van der Waals surface area contributed by atoms with Crippen molar-refractivity contribution in [3.05, 3.63) is 57.6 Å². The third-order valence-corrected chi connectivity index (χ3v) is 4.56. The number of halogens is 1. The highest BCUT2D eigenvalue weighted by Crippen LogP contribution is 2.31. The topological polar surface area (TPSA) is 35.5 Å². The molecule has 0 saturated heterocycles. The van der Waals surface area contributed by atoms with Crippen molar-refractivity contribution < 1.29 is 14.3 Å². The van der Waals surface area contributed by atoms with Crippen LogP contribution in [-0.2, 0) is 24.2 Å². The van der Waals surface area contributed by atoms with Gasteiger partial charge in [-0.15, -0.1) is 0 Å². The van der Waals surface area contributed by atoms with Crippen LogP contribution in [0.5, 0.6) is 11.5 Å². The van der Waals surface area contributed by atoms with Gasteiger partial charge in [0.2, 0.25) is 0 Å². The quantitative estimate of drug-likeness (QED) is 0.471. The van der Waals surface area contributed by atoms with E-state index in [0.717, 1.165) is 29.5 Å². The minimum atomic E-state index is -0.254. The molecule has 0 atom stereocenters. The number of hydrogen-bond donors (Lipinski definition) is 0. The molecular formula is C21H25ClO3. The summed E-state index contributed by atoms with van der Waals surface area (Å²) in [7, 11) is 0. The molecule has 0 aliphatic rings. The van der Waals surface area contributed by atoms with Crippen molar-refractivity contribution in [2.24, 2.45) is 0 Å². The van der Waals surface area contributed by atoms with Gasteiger partial charge >= 0.3 is 5.97 Å². The molecule has 0 radical (unpaired) electrons. The summed E-state index contributed by atoms with van der Waals surface area (Å²) >= 11 is 6.36. The van der Waals surface area contributed by atoms with Crippen LogP contribution in [0.15, 0.2) is 30.3 Å². The molecule has 0 amide bonds. The zero-order valence-electron chi connectivity index (χ0n) is 15.3. The molecule has 25 heavy (non-hydrogen) atoms. The molecule has 0 heterocycles. The van der Waals surface area contributed by atoms with Gasteiger partial charge in [0.1, 0.15) is 18.1 Å². The molecule has 2 aromatic carbocycles.